The smallest absolute Gasteiger partial charge is 0.307 e. The van der Waals surface area contributed by atoms with Crippen LogP contribution in [0.1, 0.15) is 35.0 Å². The molecule has 2 aromatic heterocycles. The van der Waals surface area contributed by atoms with Crippen LogP contribution in [0, 0.1) is 6.92 Å². The minimum atomic E-state index is -0.860. The van der Waals surface area contributed by atoms with Crippen LogP contribution in [0.15, 0.2) is 29.6 Å². The fourth-order valence-electron chi connectivity index (χ4n) is 3.34. The lowest BCUT2D eigenvalue weighted by Crippen LogP contribution is -2.04. The molecule has 1 atom stereocenters. The van der Waals surface area contributed by atoms with E-state index in [1.807, 2.05) is 24.4 Å². The Balaban J connectivity index is 1.64. The van der Waals surface area contributed by atoms with Crippen molar-refractivity contribution >= 4 is 39.0 Å². The number of carboxylic acid groups (broad SMARTS) is 1. The summed E-state index contributed by atoms with van der Waals surface area (Å²) in [5.41, 5.74) is 4.01. The molecule has 25 heavy (non-hydrogen) atoms. The molecule has 0 fully saturated rings. The first kappa shape index (κ1) is 16.4. The molecule has 1 N–H and O–H groups in total. The van der Waals surface area contributed by atoms with Crippen molar-refractivity contribution < 1.29 is 14.6 Å². The first-order chi connectivity index (χ1) is 12.0. The Labute approximate surface area is 154 Å². The van der Waals surface area contributed by atoms with Crippen LogP contribution in [0.3, 0.4) is 0 Å². The number of pyridine rings is 1. The molecule has 0 saturated heterocycles. The van der Waals surface area contributed by atoms with E-state index in [4.69, 9.17) is 21.4 Å². The van der Waals surface area contributed by atoms with Crippen LogP contribution >= 0.6 is 22.9 Å². The standard InChI is InChI=1S/C19H16ClNO3S/c1-10-2-3-13-15(21-10)4-5-16(13)24-12-7-14(20)19-11(6-18(22)23)9-25-17(19)8-12/h2-3,7-9,16H,4-6H2,1H3,(H,22,23)/t16-/m1/s1. The van der Waals surface area contributed by atoms with Crippen molar-refractivity contribution in [1.29, 1.82) is 0 Å². The molecule has 0 unspecified atom stereocenters. The molecule has 3 aromatic rings. The molecule has 1 aliphatic carbocycles. The second kappa shape index (κ2) is 6.32. The van der Waals surface area contributed by atoms with E-state index < -0.39 is 5.97 Å². The zero-order valence-corrected chi connectivity index (χ0v) is 15.2. The van der Waals surface area contributed by atoms with E-state index in [2.05, 4.69) is 11.1 Å². The monoisotopic (exact) mass is 373 g/mol. The number of halogens is 1. The first-order valence-electron chi connectivity index (χ1n) is 8.06. The summed E-state index contributed by atoms with van der Waals surface area (Å²) in [5, 5.41) is 12.2. The highest BCUT2D eigenvalue weighted by atomic mass is 35.5. The summed E-state index contributed by atoms with van der Waals surface area (Å²) in [4.78, 5) is 15.6. The molecule has 1 aromatic carbocycles. The summed E-state index contributed by atoms with van der Waals surface area (Å²) in [6, 6.07) is 7.82. The first-order valence-corrected chi connectivity index (χ1v) is 9.31. The zero-order valence-electron chi connectivity index (χ0n) is 13.6. The number of ether oxygens (including phenoxy) is 1. The topological polar surface area (TPSA) is 59.4 Å². The number of fused-ring (bicyclic) bond motifs is 2. The Morgan fingerprint density at radius 1 is 1.44 bits per heavy atom. The number of hydrogen-bond donors (Lipinski definition) is 1. The molecule has 0 amide bonds. The van der Waals surface area contributed by atoms with E-state index in [-0.39, 0.29) is 12.5 Å². The van der Waals surface area contributed by atoms with Crippen LogP contribution in [0.2, 0.25) is 5.02 Å². The number of aromatic nitrogens is 1. The third-order valence-electron chi connectivity index (χ3n) is 4.44. The van der Waals surface area contributed by atoms with Gasteiger partial charge in [-0.25, -0.2) is 0 Å². The predicted molar refractivity (Wildman–Crippen MR) is 98.8 cm³/mol. The van der Waals surface area contributed by atoms with Gasteiger partial charge in [0.25, 0.3) is 0 Å². The number of aliphatic carboxylic acids is 1. The van der Waals surface area contributed by atoms with E-state index in [1.54, 1.807) is 6.07 Å². The van der Waals surface area contributed by atoms with Crippen molar-refractivity contribution in [2.75, 3.05) is 0 Å². The van der Waals surface area contributed by atoms with E-state index >= 15 is 0 Å². The number of aryl methyl sites for hydroxylation is 2. The maximum atomic E-state index is 11.0. The molecule has 0 aliphatic heterocycles. The highest BCUT2D eigenvalue weighted by Crippen LogP contribution is 2.39. The van der Waals surface area contributed by atoms with Crippen LogP contribution in [0.25, 0.3) is 10.1 Å². The minimum absolute atomic E-state index is 0.0185. The highest BCUT2D eigenvalue weighted by Gasteiger charge is 2.25. The Morgan fingerprint density at radius 3 is 3.08 bits per heavy atom. The van der Waals surface area contributed by atoms with Crippen LogP contribution < -0.4 is 4.74 Å². The Kier molecular flexibility index (Phi) is 4.13. The van der Waals surface area contributed by atoms with Gasteiger partial charge in [0.05, 0.1) is 11.4 Å². The van der Waals surface area contributed by atoms with Crippen molar-refractivity contribution in [2.24, 2.45) is 0 Å². The molecular formula is C19H16ClNO3S. The molecule has 1 aliphatic rings. The maximum Gasteiger partial charge on any atom is 0.307 e. The number of rotatable bonds is 4. The average Bonchev–Trinajstić information content (AvgIpc) is 3.11. The number of thiophene rings is 1. The van der Waals surface area contributed by atoms with Gasteiger partial charge in [-0.1, -0.05) is 17.7 Å². The molecular weight excluding hydrogens is 358 g/mol. The summed E-state index contributed by atoms with van der Waals surface area (Å²) < 4.78 is 7.13. The maximum absolute atomic E-state index is 11.0. The molecule has 2 heterocycles. The van der Waals surface area contributed by atoms with E-state index in [1.165, 1.54) is 11.3 Å². The van der Waals surface area contributed by atoms with Crippen molar-refractivity contribution in [2.45, 2.75) is 32.3 Å². The predicted octanol–water partition coefficient (Wildman–Crippen LogP) is 4.95. The van der Waals surface area contributed by atoms with E-state index in [0.29, 0.717) is 10.8 Å². The van der Waals surface area contributed by atoms with Crippen LogP contribution in [0.4, 0.5) is 0 Å². The normalized spacial score (nSPS) is 16.2. The minimum Gasteiger partial charge on any atom is -0.486 e. The summed E-state index contributed by atoms with van der Waals surface area (Å²) in [6.45, 7) is 1.99. The van der Waals surface area contributed by atoms with Crippen molar-refractivity contribution in [1.82, 2.24) is 4.98 Å². The third-order valence-corrected chi connectivity index (χ3v) is 5.71. The zero-order chi connectivity index (χ0) is 17.6. The van der Waals surface area contributed by atoms with Crippen molar-refractivity contribution in [3.05, 3.63) is 57.2 Å². The summed E-state index contributed by atoms with van der Waals surface area (Å²) in [5.74, 6) is -0.152. The van der Waals surface area contributed by atoms with Gasteiger partial charge in [-0.15, -0.1) is 11.3 Å². The SMILES string of the molecule is Cc1ccc2c(n1)CC[C@H]2Oc1cc(Cl)c2c(CC(=O)O)csc2c1. The fourth-order valence-corrected chi connectivity index (χ4v) is 4.74. The van der Waals surface area contributed by atoms with Crippen LogP contribution in [-0.4, -0.2) is 16.1 Å². The highest BCUT2D eigenvalue weighted by molar-refractivity contribution is 7.17. The average molecular weight is 374 g/mol. The quantitative estimate of drug-likeness (QED) is 0.702. The van der Waals surface area contributed by atoms with E-state index in [9.17, 15) is 4.79 Å². The van der Waals surface area contributed by atoms with Gasteiger partial charge in [-0.3, -0.25) is 9.78 Å². The van der Waals surface area contributed by atoms with Gasteiger partial charge in [0.2, 0.25) is 0 Å². The molecule has 0 radical (unpaired) electrons. The van der Waals surface area contributed by atoms with Gasteiger partial charge in [-0.2, -0.15) is 0 Å². The molecule has 6 heteroatoms. The number of benzene rings is 1. The van der Waals surface area contributed by atoms with Gasteiger partial charge in [0.15, 0.2) is 0 Å². The van der Waals surface area contributed by atoms with Crippen LogP contribution in [-0.2, 0) is 17.6 Å². The molecule has 0 spiro atoms. The second-order valence-electron chi connectivity index (χ2n) is 6.24. The second-order valence-corrected chi connectivity index (χ2v) is 7.56. The summed E-state index contributed by atoms with van der Waals surface area (Å²) >= 11 is 7.91. The lowest BCUT2D eigenvalue weighted by molar-refractivity contribution is -0.136. The van der Waals surface area contributed by atoms with Gasteiger partial charge >= 0.3 is 5.97 Å². The molecule has 4 rings (SSSR count). The summed E-state index contributed by atoms with van der Waals surface area (Å²) in [6.07, 6.45) is 1.77. The molecule has 4 nitrogen and oxygen atoms in total. The number of nitrogens with zero attached hydrogens (tertiary/aromatic N) is 1. The Hall–Kier alpha value is -2.11. The Morgan fingerprint density at radius 2 is 2.28 bits per heavy atom. The molecule has 0 bridgehead atoms. The van der Waals surface area contributed by atoms with Gasteiger partial charge in [-0.05, 0) is 48.9 Å². The Bertz CT molecular complexity index is 982. The number of hydrogen-bond acceptors (Lipinski definition) is 4. The van der Waals surface area contributed by atoms with Crippen molar-refractivity contribution in [3.63, 3.8) is 0 Å². The lowest BCUT2D eigenvalue weighted by atomic mass is 10.1. The molecule has 0 saturated carbocycles. The lowest BCUT2D eigenvalue weighted by Gasteiger charge is -2.15. The third kappa shape index (κ3) is 3.10. The largest absolute Gasteiger partial charge is 0.486 e. The molecule has 128 valence electrons. The van der Waals surface area contributed by atoms with Gasteiger partial charge in [0.1, 0.15) is 11.9 Å². The summed E-state index contributed by atoms with van der Waals surface area (Å²) in [7, 11) is 0. The number of carboxylic acids is 1. The van der Waals surface area contributed by atoms with E-state index in [0.717, 1.165) is 45.4 Å². The van der Waals surface area contributed by atoms with Gasteiger partial charge in [0, 0.05) is 27.0 Å². The fraction of sp³-hybridized carbons (Fsp3) is 0.263. The van der Waals surface area contributed by atoms with Crippen molar-refractivity contribution in [3.8, 4) is 5.75 Å². The van der Waals surface area contributed by atoms with Crippen LogP contribution in [0.5, 0.6) is 5.75 Å². The number of carbonyl (C=O) groups is 1. The van der Waals surface area contributed by atoms with Gasteiger partial charge < -0.3 is 9.84 Å².